The van der Waals surface area contributed by atoms with E-state index in [4.69, 9.17) is 4.74 Å². The van der Waals surface area contributed by atoms with E-state index in [9.17, 15) is 18.0 Å². The molecule has 9 heteroatoms. The number of nitrogens with zero attached hydrogens (tertiary/aromatic N) is 2. The fourth-order valence-electron chi connectivity index (χ4n) is 3.85. The Morgan fingerprint density at radius 2 is 1.67 bits per heavy atom. The number of piperidine rings is 1. The lowest BCUT2D eigenvalue weighted by Gasteiger charge is -2.34. The maximum Gasteiger partial charge on any atom is 0.410 e. The average Bonchev–Trinajstić information content (AvgIpc) is 3.19. The maximum absolute atomic E-state index is 13.0. The van der Waals surface area contributed by atoms with Crippen LogP contribution in [-0.2, 0) is 19.6 Å². The van der Waals surface area contributed by atoms with Crippen molar-refractivity contribution in [3.8, 4) is 0 Å². The number of amides is 2. The van der Waals surface area contributed by atoms with Gasteiger partial charge in [0.1, 0.15) is 11.6 Å². The number of ether oxygens (including phenoxy) is 1. The molecule has 2 aliphatic heterocycles. The number of sulfonamides is 1. The Labute approximate surface area is 178 Å². The highest BCUT2D eigenvalue weighted by molar-refractivity contribution is 7.89. The molecule has 3 rings (SSSR count). The van der Waals surface area contributed by atoms with Gasteiger partial charge in [0.2, 0.25) is 15.9 Å². The second-order valence-corrected chi connectivity index (χ2v) is 10.7. The molecule has 1 unspecified atom stereocenters. The minimum atomic E-state index is -3.71. The first-order valence-corrected chi connectivity index (χ1v) is 11.9. The van der Waals surface area contributed by atoms with Crippen molar-refractivity contribution >= 4 is 22.0 Å². The number of nitrogens with one attached hydrogen (secondary N) is 1. The Hall–Kier alpha value is -2.13. The Bertz CT molecular complexity index is 858. The summed E-state index contributed by atoms with van der Waals surface area (Å²) in [6.45, 7) is 6.82. The third-order valence-electron chi connectivity index (χ3n) is 5.35. The quantitative estimate of drug-likeness (QED) is 0.780. The first kappa shape index (κ1) is 22.6. The van der Waals surface area contributed by atoms with Crippen molar-refractivity contribution in [1.29, 1.82) is 0 Å². The van der Waals surface area contributed by atoms with E-state index in [1.807, 2.05) is 20.8 Å². The van der Waals surface area contributed by atoms with Gasteiger partial charge in [0, 0.05) is 25.7 Å². The third-order valence-corrected chi connectivity index (χ3v) is 7.27. The van der Waals surface area contributed by atoms with E-state index in [1.165, 1.54) is 4.31 Å². The van der Waals surface area contributed by atoms with E-state index >= 15 is 0 Å². The number of hydrogen-bond donors (Lipinski definition) is 1. The third kappa shape index (κ3) is 5.31. The minimum absolute atomic E-state index is 0.0851. The molecular formula is C21H31N3O5S. The molecule has 2 saturated heterocycles. The fraction of sp³-hybridized carbons (Fsp3) is 0.619. The average molecular weight is 438 g/mol. The monoisotopic (exact) mass is 437 g/mol. The van der Waals surface area contributed by atoms with Crippen LogP contribution in [0.25, 0.3) is 0 Å². The van der Waals surface area contributed by atoms with Gasteiger partial charge < -0.3 is 15.0 Å². The molecule has 30 heavy (non-hydrogen) atoms. The number of carbonyl (C=O) groups is 2. The summed E-state index contributed by atoms with van der Waals surface area (Å²) in [5, 5.41) is 3.00. The number of rotatable bonds is 4. The highest BCUT2D eigenvalue weighted by Crippen LogP contribution is 2.26. The summed E-state index contributed by atoms with van der Waals surface area (Å²) in [6.07, 6.45) is 2.05. The highest BCUT2D eigenvalue weighted by Gasteiger charge is 2.40. The number of hydrogen-bond acceptors (Lipinski definition) is 5. The molecule has 2 heterocycles. The zero-order valence-electron chi connectivity index (χ0n) is 17.8. The van der Waals surface area contributed by atoms with E-state index in [2.05, 4.69) is 5.32 Å². The molecule has 8 nitrogen and oxygen atoms in total. The van der Waals surface area contributed by atoms with Crippen molar-refractivity contribution in [2.75, 3.05) is 19.6 Å². The van der Waals surface area contributed by atoms with Crippen molar-refractivity contribution in [3.05, 3.63) is 30.3 Å². The topological polar surface area (TPSA) is 96.0 Å². The van der Waals surface area contributed by atoms with Gasteiger partial charge in [-0.2, -0.15) is 4.31 Å². The molecule has 0 saturated carbocycles. The smallest absolute Gasteiger partial charge is 0.410 e. The van der Waals surface area contributed by atoms with Gasteiger partial charge in [0.05, 0.1) is 4.90 Å². The summed E-state index contributed by atoms with van der Waals surface area (Å²) >= 11 is 0. The molecule has 166 valence electrons. The summed E-state index contributed by atoms with van der Waals surface area (Å²) < 4.78 is 32.6. The van der Waals surface area contributed by atoms with Crippen molar-refractivity contribution in [3.63, 3.8) is 0 Å². The van der Waals surface area contributed by atoms with Crippen LogP contribution in [0.2, 0.25) is 0 Å². The summed E-state index contributed by atoms with van der Waals surface area (Å²) in [5.41, 5.74) is -0.543. The van der Waals surface area contributed by atoms with Gasteiger partial charge in [-0.05, 0) is 58.6 Å². The summed E-state index contributed by atoms with van der Waals surface area (Å²) in [6, 6.07) is 7.44. The summed E-state index contributed by atoms with van der Waals surface area (Å²) in [5.74, 6) is -0.261. The molecule has 2 fully saturated rings. The van der Waals surface area contributed by atoms with Crippen LogP contribution in [0.5, 0.6) is 0 Å². The Morgan fingerprint density at radius 3 is 2.27 bits per heavy atom. The van der Waals surface area contributed by atoms with Gasteiger partial charge in [-0.1, -0.05) is 18.2 Å². The molecule has 1 aromatic rings. The standard InChI is InChI=1S/C21H31N3O5S/c1-21(2,3)29-20(26)23-14-11-16(12-15-23)22-19(25)18-10-7-13-24(18)30(27,28)17-8-5-4-6-9-17/h4-6,8-9,16,18H,7,10-15H2,1-3H3,(H,22,25). The lowest BCUT2D eigenvalue weighted by molar-refractivity contribution is -0.125. The Kier molecular flexibility index (Phi) is 6.71. The predicted molar refractivity (Wildman–Crippen MR) is 112 cm³/mol. The van der Waals surface area contributed by atoms with Gasteiger partial charge in [-0.15, -0.1) is 0 Å². The van der Waals surface area contributed by atoms with E-state index in [0.717, 1.165) is 0 Å². The van der Waals surface area contributed by atoms with E-state index in [-0.39, 0.29) is 22.9 Å². The molecular weight excluding hydrogens is 406 g/mol. The normalized spacial score (nSPS) is 21.4. The highest BCUT2D eigenvalue weighted by atomic mass is 32.2. The van der Waals surface area contributed by atoms with Crippen LogP contribution in [0.15, 0.2) is 35.2 Å². The van der Waals surface area contributed by atoms with E-state index in [0.29, 0.717) is 45.3 Å². The molecule has 2 aliphatic rings. The molecule has 0 aromatic heterocycles. The second kappa shape index (κ2) is 8.93. The lowest BCUT2D eigenvalue weighted by Crippen LogP contribution is -2.52. The van der Waals surface area contributed by atoms with Gasteiger partial charge in [-0.3, -0.25) is 4.79 Å². The number of benzene rings is 1. The van der Waals surface area contributed by atoms with Crippen molar-refractivity contribution in [2.45, 2.75) is 69.0 Å². The molecule has 0 radical (unpaired) electrons. The van der Waals surface area contributed by atoms with Crippen molar-refractivity contribution < 1.29 is 22.7 Å². The molecule has 1 aromatic carbocycles. The Balaban J connectivity index is 1.57. The number of carbonyl (C=O) groups excluding carboxylic acids is 2. The lowest BCUT2D eigenvalue weighted by atomic mass is 10.0. The van der Waals surface area contributed by atoms with Crippen molar-refractivity contribution in [2.24, 2.45) is 0 Å². The maximum atomic E-state index is 13.0. The second-order valence-electron chi connectivity index (χ2n) is 8.84. The largest absolute Gasteiger partial charge is 0.444 e. The van der Waals surface area contributed by atoms with E-state index in [1.54, 1.807) is 35.2 Å². The van der Waals surface area contributed by atoms with Crippen LogP contribution >= 0.6 is 0 Å². The van der Waals surface area contributed by atoms with Crippen LogP contribution in [-0.4, -0.2) is 66.9 Å². The summed E-state index contributed by atoms with van der Waals surface area (Å²) in [7, 11) is -3.71. The van der Waals surface area contributed by atoms with Crippen LogP contribution in [0, 0.1) is 0 Å². The van der Waals surface area contributed by atoms with E-state index < -0.39 is 21.7 Å². The van der Waals surface area contributed by atoms with Crippen LogP contribution < -0.4 is 5.32 Å². The van der Waals surface area contributed by atoms with Gasteiger partial charge >= 0.3 is 6.09 Å². The van der Waals surface area contributed by atoms with Crippen LogP contribution in [0.3, 0.4) is 0 Å². The first-order chi connectivity index (χ1) is 14.1. The molecule has 2 amide bonds. The predicted octanol–water partition coefficient (Wildman–Crippen LogP) is 2.36. The molecule has 1 N–H and O–H groups in total. The Morgan fingerprint density at radius 1 is 1.03 bits per heavy atom. The van der Waals surface area contributed by atoms with Crippen molar-refractivity contribution in [1.82, 2.24) is 14.5 Å². The molecule has 0 bridgehead atoms. The zero-order chi connectivity index (χ0) is 21.9. The van der Waals surface area contributed by atoms with Gasteiger partial charge in [0.15, 0.2) is 0 Å². The molecule has 0 aliphatic carbocycles. The fourth-order valence-corrected chi connectivity index (χ4v) is 5.53. The first-order valence-electron chi connectivity index (χ1n) is 10.4. The van der Waals surface area contributed by atoms with Gasteiger partial charge in [0.25, 0.3) is 0 Å². The van der Waals surface area contributed by atoms with Gasteiger partial charge in [-0.25, -0.2) is 13.2 Å². The van der Waals surface area contributed by atoms with Crippen LogP contribution in [0.1, 0.15) is 46.5 Å². The van der Waals surface area contributed by atoms with Crippen LogP contribution in [0.4, 0.5) is 4.79 Å². The zero-order valence-corrected chi connectivity index (χ0v) is 18.7. The SMILES string of the molecule is CC(C)(C)OC(=O)N1CCC(NC(=O)C2CCCN2S(=O)(=O)c2ccccc2)CC1. The minimum Gasteiger partial charge on any atom is -0.444 e. The summed E-state index contributed by atoms with van der Waals surface area (Å²) in [4.78, 5) is 26.9. The number of likely N-dealkylation sites (tertiary alicyclic amines) is 1. The molecule has 0 spiro atoms. The molecule has 1 atom stereocenters.